The summed E-state index contributed by atoms with van der Waals surface area (Å²) in [7, 11) is 0. The molecule has 0 fully saturated rings. The van der Waals surface area contributed by atoms with Crippen LogP contribution in [0.4, 0.5) is 8.78 Å². The number of hydrogen-bond acceptors (Lipinski definition) is 0. The van der Waals surface area contributed by atoms with E-state index in [1.54, 1.807) is 0 Å². The molecule has 0 aliphatic heterocycles. The zero-order chi connectivity index (χ0) is 22.9. The fraction of sp³-hybridized carbons (Fsp3) is 0.923. The Labute approximate surface area is 197 Å². The fourth-order valence-electron chi connectivity index (χ4n) is 4.97. The van der Waals surface area contributed by atoms with Crippen LogP contribution in [-0.2, 0) is 0 Å². The third-order valence-corrected chi connectivity index (χ3v) is 38.2. The quantitative estimate of drug-likeness (QED) is 0.116. The van der Waals surface area contributed by atoms with Crippen LogP contribution >= 0.6 is 0 Å². The Morgan fingerprint density at radius 2 is 0.567 bits per heavy atom. The molecule has 0 saturated heterocycles. The van der Waals surface area contributed by atoms with Crippen LogP contribution < -0.4 is 0 Å². The summed E-state index contributed by atoms with van der Waals surface area (Å²) in [4.78, 5) is 0. The van der Waals surface area contributed by atoms with Crippen molar-refractivity contribution in [1.82, 2.24) is 0 Å². The topological polar surface area (TPSA) is 0 Å². The molecule has 0 unspecified atom stereocenters. The van der Waals surface area contributed by atoms with E-state index in [1.165, 1.54) is 0 Å². The van der Waals surface area contributed by atoms with E-state index >= 15 is 8.78 Å². The molecule has 0 N–H and O–H groups in total. The molecule has 0 aliphatic rings. The van der Waals surface area contributed by atoms with Gasteiger partial charge in [-0.15, -0.1) is 0 Å². The van der Waals surface area contributed by atoms with Crippen molar-refractivity contribution in [2.75, 3.05) is 0 Å². The Balaban J connectivity index is 6.37. The van der Waals surface area contributed by atoms with Gasteiger partial charge in [0.05, 0.1) is 0 Å². The van der Waals surface area contributed by atoms with E-state index in [2.05, 4.69) is 41.5 Å². The van der Waals surface area contributed by atoms with Crippen LogP contribution in [0.25, 0.3) is 0 Å². The minimum atomic E-state index is -3.30. The van der Waals surface area contributed by atoms with Crippen LogP contribution in [-0.4, -0.2) is 36.8 Å². The second-order valence-corrected chi connectivity index (χ2v) is 35.5. The zero-order valence-corrected chi connectivity index (χ0v) is 27.2. The van der Waals surface area contributed by atoms with E-state index in [-0.39, 0.29) is 7.69 Å². The second-order valence-electron chi connectivity index (χ2n) is 9.81. The van der Waals surface area contributed by atoms with Gasteiger partial charge >= 0.3 is 198 Å². The Kier molecular flexibility index (Phi) is 19.3. The molecule has 0 radical (unpaired) electrons. The van der Waals surface area contributed by atoms with Crippen LogP contribution in [0.1, 0.15) is 119 Å². The molecular formula is C26H54F2Sn2. The Morgan fingerprint density at radius 1 is 0.400 bits per heavy atom. The van der Waals surface area contributed by atoms with Crippen molar-refractivity contribution in [3.05, 3.63) is 7.69 Å². The Bertz CT molecular complexity index is 365. The van der Waals surface area contributed by atoms with Crippen LogP contribution in [0.3, 0.4) is 0 Å². The van der Waals surface area contributed by atoms with Gasteiger partial charge in [-0.25, -0.2) is 0 Å². The summed E-state index contributed by atoms with van der Waals surface area (Å²) in [6.07, 6.45) is 13.3. The molecule has 0 spiro atoms. The monoisotopic (exact) mass is 644 g/mol. The predicted molar refractivity (Wildman–Crippen MR) is 139 cm³/mol. The molecule has 180 valence electrons. The minimum absolute atomic E-state index is 0.0428. The van der Waals surface area contributed by atoms with Crippen LogP contribution in [0.15, 0.2) is 7.69 Å². The first-order valence-electron chi connectivity index (χ1n) is 13.5. The summed E-state index contributed by atoms with van der Waals surface area (Å²) >= 11 is -6.60. The van der Waals surface area contributed by atoms with E-state index in [0.29, 0.717) is 0 Å². The van der Waals surface area contributed by atoms with E-state index in [1.807, 2.05) is 0 Å². The second kappa shape index (κ2) is 18.6. The zero-order valence-electron chi connectivity index (χ0n) is 21.5. The molecule has 0 bridgehead atoms. The van der Waals surface area contributed by atoms with Gasteiger partial charge in [0.2, 0.25) is 0 Å². The number of rotatable bonds is 20. The van der Waals surface area contributed by atoms with Crippen molar-refractivity contribution in [2.45, 2.75) is 145 Å². The number of halogens is 2. The first kappa shape index (κ1) is 31.2. The van der Waals surface area contributed by atoms with Gasteiger partial charge in [0.25, 0.3) is 0 Å². The molecule has 0 amide bonds. The molecule has 4 heteroatoms. The summed E-state index contributed by atoms with van der Waals surface area (Å²) in [5.74, 6) is 0. The summed E-state index contributed by atoms with van der Waals surface area (Å²) in [6, 6.07) is 0. The standard InChI is InChI=1S/6C4H9.C2F2.2Sn/c6*1-3-4-2;3-1-2-4;;/h6*1,3-4H2,2H3;;;. The van der Waals surface area contributed by atoms with Gasteiger partial charge in [-0.05, 0) is 0 Å². The van der Waals surface area contributed by atoms with E-state index in [9.17, 15) is 0 Å². The average molecular weight is 642 g/mol. The Hall–Kier alpha value is 1.20. The normalized spacial score (nSPS) is 13.6. The van der Waals surface area contributed by atoms with E-state index < -0.39 is 36.8 Å². The van der Waals surface area contributed by atoms with Crippen molar-refractivity contribution in [3.63, 3.8) is 0 Å². The average Bonchev–Trinajstić information content (AvgIpc) is 2.77. The maximum atomic E-state index is 16.5. The van der Waals surface area contributed by atoms with Gasteiger partial charge in [0.15, 0.2) is 0 Å². The van der Waals surface area contributed by atoms with Crippen molar-refractivity contribution < 1.29 is 8.78 Å². The maximum absolute atomic E-state index is 16.5. The fourth-order valence-corrected chi connectivity index (χ4v) is 43.5. The van der Waals surface area contributed by atoms with Gasteiger partial charge in [0.1, 0.15) is 0 Å². The summed E-state index contributed by atoms with van der Waals surface area (Å²) in [6.45, 7) is 13.3. The van der Waals surface area contributed by atoms with E-state index in [4.69, 9.17) is 0 Å². The van der Waals surface area contributed by atoms with Crippen LogP contribution in [0.5, 0.6) is 0 Å². The molecule has 0 nitrogen and oxygen atoms in total. The van der Waals surface area contributed by atoms with Gasteiger partial charge in [-0.3, -0.25) is 0 Å². The SMILES string of the molecule is CCC[CH2][Sn]([CH2]CCC)([CH2]CCC)/[C](F)=[C](\F)[Sn]([CH2]CCC)([CH2]CCC)[CH2]CCC. The van der Waals surface area contributed by atoms with Gasteiger partial charge in [-0.2, -0.15) is 0 Å². The van der Waals surface area contributed by atoms with Crippen molar-refractivity contribution >= 4 is 36.8 Å². The number of unbranched alkanes of at least 4 members (excludes halogenated alkanes) is 6. The molecule has 0 rings (SSSR count). The van der Waals surface area contributed by atoms with Crippen molar-refractivity contribution in [2.24, 2.45) is 0 Å². The third kappa shape index (κ3) is 10.4. The van der Waals surface area contributed by atoms with Crippen molar-refractivity contribution in [3.8, 4) is 0 Å². The molecule has 0 heterocycles. The molecular weight excluding hydrogens is 588 g/mol. The van der Waals surface area contributed by atoms with Crippen LogP contribution in [0.2, 0.25) is 26.6 Å². The molecule has 0 aromatic carbocycles. The molecule has 0 aromatic rings. The predicted octanol–water partition coefficient (Wildman–Crippen LogP) is 10.9. The Morgan fingerprint density at radius 3 is 0.700 bits per heavy atom. The first-order valence-corrected chi connectivity index (χ1v) is 28.5. The van der Waals surface area contributed by atoms with Gasteiger partial charge < -0.3 is 0 Å². The molecule has 30 heavy (non-hydrogen) atoms. The van der Waals surface area contributed by atoms with Gasteiger partial charge in [-0.1, -0.05) is 0 Å². The van der Waals surface area contributed by atoms with Gasteiger partial charge in [0, 0.05) is 0 Å². The van der Waals surface area contributed by atoms with Crippen LogP contribution in [0, 0.1) is 0 Å². The summed E-state index contributed by atoms with van der Waals surface area (Å²) in [5.41, 5.74) is 0. The van der Waals surface area contributed by atoms with E-state index in [0.717, 1.165) is 104 Å². The molecule has 0 aromatic heterocycles. The third-order valence-electron chi connectivity index (χ3n) is 7.18. The molecule has 0 aliphatic carbocycles. The summed E-state index contributed by atoms with van der Waals surface area (Å²) < 4.78 is 39.2. The first-order chi connectivity index (χ1) is 14.4. The van der Waals surface area contributed by atoms with Crippen molar-refractivity contribution in [1.29, 1.82) is 0 Å². The molecule has 0 atom stereocenters. The number of hydrogen-bond donors (Lipinski definition) is 0. The summed E-state index contributed by atoms with van der Waals surface area (Å²) in [5, 5.41) is 0. The molecule has 0 saturated carbocycles.